The van der Waals surface area contributed by atoms with Crippen LogP contribution in [0.2, 0.25) is 13.1 Å². The summed E-state index contributed by atoms with van der Waals surface area (Å²) >= 11 is -1.33. The molecular formula is C20H28Cl2SiTi. The van der Waals surface area contributed by atoms with E-state index < -0.39 is 16.6 Å². The van der Waals surface area contributed by atoms with Gasteiger partial charge in [0, 0.05) is 0 Å². The van der Waals surface area contributed by atoms with Gasteiger partial charge in [-0.3, -0.25) is 0 Å². The first-order chi connectivity index (χ1) is 10.4. The van der Waals surface area contributed by atoms with Crippen LogP contribution in [0.4, 0.5) is 0 Å². The third-order valence-corrected chi connectivity index (χ3v) is 18.0. The molecule has 1 aromatic rings. The van der Waals surface area contributed by atoms with Crippen molar-refractivity contribution in [3.05, 3.63) is 62.1 Å². The zero-order valence-corrected chi connectivity index (χ0v) is 19.6. The number of benzene rings is 1. The van der Waals surface area contributed by atoms with E-state index in [2.05, 4.69) is 77.2 Å². The van der Waals surface area contributed by atoms with Crippen LogP contribution in [-0.2, 0) is 16.6 Å². The maximum Gasteiger partial charge on any atom is -0.147 e. The normalized spacial score (nSPS) is 21.4. The molecule has 0 radical (unpaired) electrons. The molecule has 0 aliphatic heterocycles. The molecule has 4 heteroatoms. The summed E-state index contributed by atoms with van der Waals surface area (Å²) in [5.74, 6) is 0.691. The van der Waals surface area contributed by atoms with E-state index in [1.807, 2.05) is 3.88 Å². The molecular weight excluding hydrogens is 387 g/mol. The van der Waals surface area contributed by atoms with Crippen LogP contribution in [-0.4, -0.2) is 6.19 Å². The Hall–Kier alpha value is -0.0488. The number of halogens is 2. The van der Waals surface area contributed by atoms with E-state index >= 15 is 0 Å². The second kappa shape index (κ2) is 8.56. The van der Waals surface area contributed by atoms with E-state index in [1.165, 1.54) is 5.56 Å². The Kier molecular flexibility index (Phi) is 7.84. The standard InChI is InChI=1S/C9H7.C9H13.C2H6Si.2ClH.Ti/c1-2-5-9-7-3-6-8(9)4-1;1-6-5-7(2)9(4)8(6)3;1-3-2;;;/h1-7H;6H,1-4H3;1-2H3;2*1H;. The molecule has 0 aromatic heterocycles. The zero-order valence-electron chi connectivity index (χ0n) is 15.4. The van der Waals surface area contributed by atoms with Gasteiger partial charge in [0.05, 0.1) is 0 Å². The molecule has 1 aromatic carbocycles. The molecule has 0 bridgehead atoms. The summed E-state index contributed by atoms with van der Waals surface area (Å²) < 4.78 is 2.63. The van der Waals surface area contributed by atoms with Crippen LogP contribution < -0.4 is 0 Å². The van der Waals surface area contributed by atoms with E-state index in [4.69, 9.17) is 0 Å². The first kappa shape index (κ1) is 22.0. The second-order valence-electron chi connectivity index (χ2n) is 6.95. The molecule has 24 heavy (non-hydrogen) atoms. The second-order valence-corrected chi connectivity index (χ2v) is 19.0. The topological polar surface area (TPSA) is 0 Å². The van der Waals surface area contributed by atoms with Gasteiger partial charge < -0.3 is 0 Å². The van der Waals surface area contributed by atoms with Gasteiger partial charge in [-0.2, -0.15) is 0 Å². The van der Waals surface area contributed by atoms with Crippen LogP contribution in [0.1, 0.15) is 43.0 Å². The Balaban J connectivity index is 0.00000144. The quantitative estimate of drug-likeness (QED) is 0.470. The minimum atomic E-state index is -1.33. The van der Waals surface area contributed by atoms with Crippen molar-refractivity contribution in [2.24, 2.45) is 5.92 Å². The Morgan fingerprint density at radius 3 is 2.12 bits per heavy atom. The van der Waals surface area contributed by atoms with Crippen molar-refractivity contribution in [3.63, 3.8) is 0 Å². The molecule has 2 atom stereocenters. The van der Waals surface area contributed by atoms with Gasteiger partial charge in [-0.1, -0.05) is 0 Å². The van der Waals surface area contributed by atoms with Crippen LogP contribution >= 0.6 is 24.8 Å². The van der Waals surface area contributed by atoms with Crippen molar-refractivity contribution in [1.82, 2.24) is 0 Å². The number of fused-ring (bicyclic) bond motifs is 1. The average Bonchev–Trinajstić information content (AvgIpc) is 2.99. The maximum absolute atomic E-state index is 2.56. The molecule has 2 unspecified atom stereocenters. The fourth-order valence-corrected chi connectivity index (χ4v) is 17.2. The van der Waals surface area contributed by atoms with Crippen LogP contribution in [0.15, 0.2) is 50.9 Å². The molecule has 130 valence electrons. The molecule has 0 nitrogen and oxygen atoms in total. The third-order valence-electron chi connectivity index (χ3n) is 5.58. The molecule has 0 amide bonds. The van der Waals surface area contributed by atoms with Gasteiger partial charge in [0.1, 0.15) is 0 Å². The number of rotatable bonds is 2. The Labute approximate surface area is 166 Å². The number of allylic oxidation sites excluding steroid dienone is 5. The fourth-order valence-electron chi connectivity index (χ4n) is 4.05. The van der Waals surface area contributed by atoms with Crippen LogP contribution in [0.5, 0.6) is 0 Å². The zero-order chi connectivity index (χ0) is 16.0. The first-order valence-corrected chi connectivity index (χ1v) is 14.8. The summed E-state index contributed by atoms with van der Waals surface area (Å²) in [5, 5.41) is 0. The van der Waals surface area contributed by atoms with Gasteiger partial charge in [-0.25, -0.2) is 0 Å². The average molecular weight is 415 g/mol. The summed E-state index contributed by atoms with van der Waals surface area (Å²) in [4.78, 5) is 0. The molecule has 0 saturated carbocycles. The monoisotopic (exact) mass is 414 g/mol. The molecule has 0 fully saturated rings. The van der Waals surface area contributed by atoms with Gasteiger partial charge in [-0.15, -0.1) is 24.8 Å². The van der Waals surface area contributed by atoms with Crippen molar-refractivity contribution in [2.45, 2.75) is 45.0 Å². The van der Waals surface area contributed by atoms with Crippen molar-refractivity contribution >= 4 is 37.1 Å². The maximum atomic E-state index is 2.56. The molecule has 2 aliphatic rings. The van der Waals surface area contributed by atoms with E-state index in [1.54, 1.807) is 22.3 Å². The summed E-state index contributed by atoms with van der Waals surface area (Å²) in [6, 6.07) is 9.06. The van der Waals surface area contributed by atoms with E-state index in [0.29, 0.717) is 5.92 Å². The Morgan fingerprint density at radius 1 is 0.958 bits per heavy atom. The predicted octanol–water partition coefficient (Wildman–Crippen LogP) is 6.73. The molecule has 0 spiro atoms. The minimum Gasteiger partial charge on any atom is -0.147 e. The van der Waals surface area contributed by atoms with Crippen molar-refractivity contribution in [2.75, 3.05) is 0 Å². The molecule has 0 N–H and O–H groups in total. The molecule has 0 heterocycles. The Bertz CT molecular complexity index is 768. The molecule has 3 rings (SSSR count). The fraction of sp³-hybridized carbons (Fsp3) is 0.400. The SMILES string of the molecule is CC1=C(C)C(C)[C]([Ti]([CH]2C=Cc3ccccc32)=[Si](C)C)=C1C.Cl.Cl. The first-order valence-electron chi connectivity index (χ1n) is 8.26. The summed E-state index contributed by atoms with van der Waals surface area (Å²) in [7, 11) is 0. The van der Waals surface area contributed by atoms with E-state index in [-0.39, 0.29) is 31.0 Å². The predicted molar refractivity (Wildman–Crippen MR) is 110 cm³/mol. The van der Waals surface area contributed by atoms with E-state index in [9.17, 15) is 0 Å². The minimum absolute atomic E-state index is 0. The number of hydrogen-bond donors (Lipinski definition) is 0. The molecule has 2 aliphatic carbocycles. The number of hydrogen-bond acceptors (Lipinski definition) is 0. The Morgan fingerprint density at radius 2 is 1.58 bits per heavy atom. The van der Waals surface area contributed by atoms with Crippen molar-refractivity contribution in [3.8, 4) is 0 Å². The largest absolute Gasteiger partial charge is 0.147 e. The van der Waals surface area contributed by atoms with Gasteiger partial charge in [-0.05, 0) is 0 Å². The van der Waals surface area contributed by atoms with Crippen LogP contribution in [0.25, 0.3) is 6.08 Å². The van der Waals surface area contributed by atoms with Gasteiger partial charge in [0.15, 0.2) is 0 Å². The van der Waals surface area contributed by atoms with E-state index in [0.717, 1.165) is 4.22 Å². The third kappa shape index (κ3) is 3.57. The van der Waals surface area contributed by atoms with Crippen LogP contribution in [0, 0.1) is 5.92 Å². The molecule has 0 saturated heterocycles. The van der Waals surface area contributed by atoms with Gasteiger partial charge in [0.2, 0.25) is 0 Å². The van der Waals surface area contributed by atoms with Gasteiger partial charge in [0.25, 0.3) is 0 Å². The van der Waals surface area contributed by atoms with Crippen molar-refractivity contribution in [1.29, 1.82) is 0 Å². The summed E-state index contributed by atoms with van der Waals surface area (Å²) in [6.07, 6.45) is 4.65. The van der Waals surface area contributed by atoms with Gasteiger partial charge >= 0.3 is 142 Å². The van der Waals surface area contributed by atoms with Crippen LogP contribution in [0.3, 0.4) is 0 Å². The summed E-state index contributed by atoms with van der Waals surface area (Å²) in [6.45, 7) is 14.6. The summed E-state index contributed by atoms with van der Waals surface area (Å²) in [5.41, 5.74) is 7.91. The van der Waals surface area contributed by atoms with Crippen molar-refractivity contribution < 1.29 is 16.6 Å². The smallest absolute Gasteiger partial charge is 0.147 e.